The zero-order valence-corrected chi connectivity index (χ0v) is 11.1. The Bertz CT molecular complexity index is 373. The molecule has 0 saturated carbocycles. The maximum Gasteiger partial charge on any atom is 0.115 e. The molecule has 0 spiro atoms. The van der Waals surface area contributed by atoms with Crippen LogP contribution in [-0.2, 0) is 0 Å². The fourth-order valence-electron chi connectivity index (χ4n) is 3.37. The normalized spacial score (nSPS) is 27.7. The molecule has 18 heavy (non-hydrogen) atoms. The molecule has 2 aliphatic rings. The Labute approximate surface area is 109 Å². The second-order valence-corrected chi connectivity index (χ2v) is 5.56. The van der Waals surface area contributed by atoms with E-state index in [1.54, 1.807) is 6.33 Å². The number of hydrogen-bond donors (Lipinski definition) is 0. The van der Waals surface area contributed by atoms with Crippen molar-refractivity contribution in [3.63, 3.8) is 0 Å². The van der Waals surface area contributed by atoms with E-state index in [0.29, 0.717) is 6.04 Å². The summed E-state index contributed by atoms with van der Waals surface area (Å²) in [5.41, 5.74) is 1.21. The summed E-state index contributed by atoms with van der Waals surface area (Å²) in [5, 5.41) is 0. The highest BCUT2D eigenvalue weighted by Gasteiger charge is 2.33. The second kappa shape index (κ2) is 5.33. The van der Waals surface area contributed by atoms with Crippen molar-refractivity contribution >= 4 is 0 Å². The quantitative estimate of drug-likeness (QED) is 0.795. The minimum atomic E-state index is 0.529. The molecular formula is C14H22N4. The van der Waals surface area contributed by atoms with Crippen LogP contribution in [0.3, 0.4) is 0 Å². The Morgan fingerprint density at radius 3 is 2.72 bits per heavy atom. The number of nitrogens with zero attached hydrogens (tertiary/aromatic N) is 4. The standard InChI is InChI=1S/C14H22N4/c1-17-9-5-12(6-10-17)18-8-2-3-14(18)13-4-7-15-11-16-13/h4,7,11-12,14H,2-3,5-6,8-10H2,1H3/t14-/m0/s1. The summed E-state index contributed by atoms with van der Waals surface area (Å²) >= 11 is 0. The van der Waals surface area contributed by atoms with Gasteiger partial charge in [0.05, 0.1) is 11.7 Å². The lowest BCUT2D eigenvalue weighted by molar-refractivity contribution is 0.108. The Morgan fingerprint density at radius 2 is 2.00 bits per heavy atom. The monoisotopic (exact) mass is 246 g/mol. The van der Waals surface area contributed by atoms with Crippen molar-refractivity contribution in [1.29, 1.82) is 0 Å². The predicted octanol–water partition coefficient (Wildman–Crippen LogP) is 1.71. The molecule has 2 saturated heterocycles. The first kappa shape index (κ1) is 12.1. The first-order valence-corrected chi connectivity index (χ1v) is 7.05. The van der Waals surface area contributed by atoms with Crippen molar-refractivity contribution in [2.24, 2.45) is 0 Å². The summed E-state index contributed by atoms with van der Waals surface area (Å²) in [6, 6.07) is 3.36. The second-order valence-electron chi connectivity index (χ2n) is 5.56. The van der Waals surface area contributed by atoms with Crippen molar-refractivity contribution in [2.45, 2.75) is 37.8 Å². The molecule has 2 fully saturated rings. The highest BCUT2D eigenvalue weighted by molar-refractivity contribution is 5.08. The van der Waals surface area contributed by atoms with E-state index in [0.717, 1.165) is 6.04 Å². The molecule has 1 atom stereocenters. The Morgan fingerprint density at radius 1 is 1.17 bits per heavy atom. The molecule has 2 aliphatic heterocycles. The van der Waals surface area contributed by atoms with E-state index in [2.05, 4.69) is 32.9 Å². The summed E-state index contributed by atoms with van der Waals surface area (Å²) < 4.78 is 0. The zero-order valence-electron chi connectivity index (χ0n) is 11.1. The van der Waals surface area contributed by atoms with Gasteiger partial charge >= 0.3 is 0 Å². The lowest BCUT2D eigenvalue weighted by atomic mass is 10.0. The van der Waals surface area contributed by atoms with Gasteiger partial charge in [0.25, 0.3) is 0 Å². The average Bonchev–Trinajstić information content (AvgIpc) is 2.90. The van der Waals surface area contributed by atoms with Crippen molar-refractivity contribution in [3.05, 3.63) is 24.3 Å². The van der Waals surface area contributed by atoms with Crippen molar-refractivity contribution < 1.29 is 0 Å². The van der Waals surface area contributed by atoms with Crippen LogP contribution in [-0.4, -0.2) is 52.5 Å². The van der Waals surface area contributed by atoms with Crippen LogP contribution in [0.4, 0.5) is 0 Å². The van der Waals surface area contributed by atoms with Gasteiger partial charge < -0.3 is 4.90 Å². The predicted molar refractivity (Wildman–Crippen MR) is 71.2 cm³/mol. The molecule has 0 aromatic carbocycles. The Hall–Kier alpha value is -1.00. The smallest absolute Gasteiger partial charge is 0.115 e. The van der Waals surface area contributed by atoms with Crippen LogP contribution in [0.15, 0.2) is 18.6 Å². The first-order chi connectivity index (χ1) is 8.84. The summed E-state index contributed by atoms with van der Waals surface area (Å²) in [7, 11) is 2.22. The minimum Gasteiger partial charge on any atom is -0.306 e. The highest BCUT2D eigenvalue weighted by Crippen LogP contribution is 2.34. The summed E-state index contributed by atoms with van der Waals surface area (Å²) in [4.78, 5) is 13.6. The van der Waals surface area contributed by atoms with E-state index >= 15 is 0 Å². The van der Waals surface area contributed by atoms with Crippen LogP contribution in [0.1, 0.15) is 37.4 Å². The van der Waals surface area contributed by atoms with E-state index < -0.39 is 0 Å². The summed E-state index contributed by atoms with van der Waals surface area (Å²) in [5.74, 6) is 0. The first-order valence-electron chi connectivity index (χ1n) is 7.05. The van der Waals surface area contributed by atoms with E-state index in [9.17, 15) is 0 Å². The topological polar surface area (TPSA) is 32.3 Å². The van der Waals surface area contributed by atoms with Crippen LogP contribution in [0, 0.1) is 0 Å². The van der Waals surface area contributed by atoms with Gasteiger partial charge in [0.2, 0.25) is 0 Å². The summed E-state index contributed by atoms with van der Waals surface area (Å²) in [6.45, 7) is 3.71. The third-order valence-corrected chi connectivity index (χ3v) is 4.40. The third-order valence-electron chi connectivity index (χ3n) is 4.40. The number of likely N-dealkylation sites (tertiary alicyclic amines) is 2. The van der Waals surface area contributed by atoms with Gasteiger partial charge in [0.1, 0.15) is 6.33 Å². The van der Waals surface area contributed by atoms with Gasteiger partial charge in [-0.25, -0.2) is 9.97 Å². The van der Waals surface area contributed by atoms with Gasteiger partial charge in [-0.2, -0.15) is 0 Å². The molecule has 0 N–H and O–H groups in total. The lowest BCUT2D eigenvalue weighted by Gasteiger charge is -2.38. The van der Waals surface area contributed by atoms with Crippen LogP contribution in [0.2, 0.25) is 0 Å². The van der Waals surface area contributed by atoms with Crippen molar-refractivity contribution in [3.8, 4) is 0 Å². The van der Waals surface area contributed by atoms with Gasteiger partial charge in [-0.15, -0.1) is 0 Å². The van der Waals surface area contributed by atoms with Crippen LogP contribution in [0.5, 0.6) is 0 Å². The molecule has 4 nitrogen and oxygen atoms in total. The highest BCUT2D eigenvalue weighted by atomic mass is 15.2. The van der Waals surface area contributed by atoms with Crippen LogP contribution in [0.25, 0.3) is 0 Å². The Balaban J connectivity index is 1.71. The maximum absolute atomic E-state index is 4.46. The Kier molecular flexibility index (Phi) is 3.57. The molecule has 1 aromatic heterocycles. The zero-order chi connectivity index (χ0) is 12.4. The molecule has 0 amide bonds. The fourth-order valence-corrected chi connectivity index (χ4v) is 3.37. The molecule has 0 bridgehead atoms. The molecule has 3 rings (SSSR count). The van der Waals surface area contributed by atoms with Crippen LogP contribution >= 0.6 is 0 Å². The molecule has 0 unspecified atom stereocenters. The van der Waals surface area contributed by atoms with Gasteiger partial charge in [0, 0.05) is 12.2 Å². The van der Waals surface area contributed by atoms with Crippen LogP contribution < -0.4 is 0 Å². The molecule has 4 heteroatoms. The van der Waals surface area contributed by atoms with Crippen molar-refractivity contribution in [1.82, 2.24) is 19.8 Å². The van der Waals surface area contributed by atoms with Gasteiger partial charge in [-0.05, 0) is 58.4 Å². The number of hydrogen-bond acceptors (Lipinski definition) is 4. The van der Waals surface area contributed by atoms with E-state index in [-0.39, 0.29) is 0 Å². The largest absolute Gasteiger partial charge is 0.306 e. The molecule has 98 valence electrons. The minimum absolute atomic E-state index is 0.529. The van der Waals surface area contributed by atoms with E-state index in [1.807, 2.05) is 6.20 Å². The van der Waals surface area contributed by atoms with Gasteiger partial charge in [0.15, 0.2) is 0 Å². The van der Waals surface area contributed by atoms with Gasteiger partial charge in [-0.3, -0.25) is 4.90 Å². The fraction of sp³-hybridized carbons (Fsp3) is 0.714. The number of piperidine rings is 1. The summed E-state index contributed by atoms with van der Waals surface area (Å²) in [6.07, 6.45) is 8.72. The molecule has 0 aliphatic carbocycles. The van der Waals surface area contributed by atoms with E-state index in [1.165, 1.54) is 51.0 Å². The molecular weight excluding hydrogens is 224 g/mol. The lowest BCUT2D eigenvalue weighted by Crippen LogP contribution is -2.43. The van der Waals surface area contributed by atoms with E-state index in [4.69, 9.17) is 0 Å². The number of rotatable bonds is 2. The maximum atomic E-state index is 4.46. The molecule has 0 radical (unpaired) electrons. The van der Waals surface area contributed by atoms with Crippen molar-refractivity contribution in [2.75, 3.05) is 26.7 Å². The SMILES string of the molecule is CN1CCC(N2CCC[C@H]2c2ccncn2)CC1. The molecule has 3 heterocycles. The third kappa shape index (κ3) is 2.40. The molecule has 1 aromatic rings. The van der Waals surface area contributed by atoms with Gasteiger partial charge in [-0.1, -0.05) is 0 Å². The average molecular weight is 246 g/mol. The number of aromatic nitrogens is 2.